The molecule has 0 spiro atoms. The van der Waals surface area contributed by atoms with Gasteiger partial charge in [-0.1, -0.05) is 25.1 Å². The fourth-order valence-corrected chi connectivity index (χ4v) is 2.31. The summed E-state index contributed by atoms with van der Waals surface area (Å²) in [5.41, 5.74) is 1.13. The summed E-state index contributed by atoms with van der Waals surface area (Å²) >= 11 is 0. The lowest BCUT2D eigenvalue weighted by Crippen LogP contribution is -2.34. The van der Waals surface area contributed by atoms with Crippen LogP contribution in [0, 0.1) is 0 Å². The monoisotopic (exact) mass is 263 g/mol. The molecule has 1 amide bonds. The number of hydrogen-bond donors (Lipinski definition) is 0. The minimum Gasteiger partial charge on any atom is -0.483 e. The molecule has 0 aromatic heterocycles. The Kier molecular flexibility index (Phi) is 4.80. The van der Waals surface area contributed by atoms with E-state index in [1.807, 2.05) is 29.2 Å². The number of benzene rings is 1. The standard InChI is InChI=1S/C15H21NO3/c1-3-12-6-4-5-7-14(12)19-11-15(17)16-9-8-13(10-16)18-2/h4-7,13H,3,8-11H2,1-2H3. The fourth-order valence-electron chi connectivity index (χ4n) is 2.31. The van der Waals surface area contributed by atoms with Crippen molar-refractivity contribution in [3.8, 4) is 5.75 Å². The predicted molar refractivity (Wildman–Crippen MR) is 73.3 cm³/mol. The third-order valence-electron chi connectivity index (χ3n) is 3.54. The van der Waals surface area contributed by atoms with Crippen LogP contribution in [0.15, 0.2) is 24.3 Å². The van der Waals surface area contributed by atoms with E-state index in [4.69, 9.17) is 9.47 Å². The zero-order valence-electron chi connectivity index (χ0n) is 11.6. The third kappa shape index (κ3) is 3.47. The smallest absolute Gasteiger partial charge is 0.260 e. The molecule has 1 aromatic rings. The van der Waals surface area contributed by atoms with Gasteiger partial charge < -0.3 is 14.4 Å². The molecule has 4 nitrogen and oxygen atoms in total. The summed E-state index contributed by atoms with van der Waals surface area (Å²) < 4.78 is 10.9. The molecule has 0 saturated carbocycles. The molecular formula is C15H21NO3. The van der Waals surface area contributed by atoms with Crippen LogP contribution in [0.5, 0.6) is 5.75 Å². The second-order valence-corrected chi connectivity index (χ2v) is 4.74. The Morgan fingerprint density at radius 3 is 2.89 bits per heavy atom. The summed E-state index contributed by atoms with van der Waals surface area (Å²) in [6, 6.07) is 7.84. The summed E-state index contributed by atoms with van der Waals surface area (Å²) in [5.74, 6) is 0.839. The fraction of sp³-hybridized carbons (Fsp3) is 0.533. The number of ether oxygens (including phenoxy) is 2. The lowest BCUT2D eigenvalue weighted by molar-refractivity contribution is -0.132. The molecule has 1 aromatic carbocycles. The summed E-state index contributed by atoms with van der Waals surface area (Å²) in [6.45, 7) is 3.62. The van der Waals surface area contributed by atoms with Gasteiger partial charge in [0.25, 0.3) is 5.91 Å². The molecule has 19 heavy (non-hydrogen) atoms. The van der Waals surface area contributed by atoms with Crippen LogP contribution in [0.4, 0.5) is 0 Å². The highest BCUT2D eigenvalue weighted by Crippen LogP contribution is 2.19. The maximum Gasteiger partial charge on any atom is 0.260 e. The second-order valence-electron chi connectivity index (χ2n) is 4.74. The number of nitrogens with zero attached hydrogens (tertiary/aromatic N) is 1. The van der Waals surface area contributed by atoms with E-state index in [-0.39, 0.29) is 18.6 Å². The molecule has 104 valence electrons. The molecule has 0 bridgehead atoms. The highest BCUT2D eigenvalue weighted by atomic mass is 16.5. The van der Waals surface area contributed by atoms with Crippen LogP contribution in [0.25, 0.3) is 0 Å². The van der Waals surface area contributed by atoms with E-state index in [0.717, 1.165) is 30.7 Å². The van der Waals surface area contributed by atoms with E-state index in [0.29, 0.717) is 6.54 Å². The molecule has 1 saturated heterocycles. The van der Waals surface area contributed by atoms with E-state index >= 15 is 0 Å². The van der Waals surface area contributed by atoms with Gasteiger partial charge in [-0.3, -0.25) is 4.79 Å². The molecule has 2 rings (SSSR count). The molecule has 1 heterocycles. The van der Waals surface area contributed by atoms with Crippen LogP contribution in [0.3, 0.4) is 0 Å². The molecule has 1 atom stereocenters. The van der Waals surface area contributed by atoms with Gasteiger partial charge in [-0.15, -0.1) is 0 Å². The Morgan fingerprint density at radius 1 is 1.42 bits per heavy atom. The zero-order chi connectivity index (χ0) is 13.7. The van der Waals surface area contributed by atoms with Crippen molar-refractivity contribution >= 4 is 5.91 Å². The Labute approximate surface area is 114 Å². The first-order valence-corrected chi connectivity index (χ1v) is 6.75. The number of carbonyl (C=O) groups is 1. The second kappa shape index (κ2) is 6.57. The number of methoxy groups -OCH3 is 1. The van der Waals surface area contributed by atoms with Gasteiger partial charge in [0.2, 0.25) is 0 Å². The number of hydrogen-bond acceptors (Lipinski definition) is 3. The van der Waals surface area contributed by atoms with Crippen molar-refractivity contribution < 1.29 is 14.3 Å². The molecule has 1 unspecified atom stereocenters. The van der Waals surface area contributed by atoms with Crippen molar-refractivity contribution in [1.82, 2.24) is 4.90 Å². The Bertz CT molecular complexity index is 433. The average Bonchev–Trinajstić information content (AvgIpc) is 2.94. The Hall–Kier alpha value is -1.55. The van der Waals surface area contributed by atoms with Crippen molar-refractivity contribution in [1.29, 1.82) is 0 Å². The van der Waals surface area contributed by atoms with Gasteiger partial charge in [0.1, 0.15) is 5.75 Å². The van der Waals surface area contributed by atoms with Crippen molar-refractivity contribution in [3.63, 3.8) is 0 Å². The van der Waals surface area contributed by atoms with Crippen molar-refractivity contribution in [2.45, 2.75) is 25.9 Å². The largest absolute Gasteiger partial charge is 0.483 e. The number of para-hydroxylation sites is 1. The molecule has 0 aliphatic carbocycles. The average molecular weight is 263 g/mol. The van der Waals surface area contributed by atoms with E-state index < -0.39 is 0 Å². The van der Waals surface area contributed by atoms with Gasteiger partial charge in [-0.25, -0.2) is 0 Å². The van der Waals surface area contributed by atoms with E-state index in [9.17, 15) is 4.79 Å². The maximum absolute atomic E-state index is 12.0. The molecule has 0 N–H and O–H groups in total. The molecule has 1 aliphatic rings. The first kappa shape index (κ1) is 13.9. The normalized spacial score (nSPS) is 18.6. The van der Waals surface area contributed by atoms with E-state index in [1.54, 1.807) is 7.11 Å². The van der Waals surface area contributed by atoms with Gasteiger partial charge in [0.15, 0.2) is 6.61 Å². The molecule has 4 heteroatoms. The van der Waals surface area contributed by atoms with Gasteiger partial charge >= 0.3 is 0 Å². The first-order chi connectivity index (χ1) is 9.24. The number of rotatable bonds is 5. The van der Waals surface area contributed by atoms with Gasteiger partial charge in [0.05, 0.1) is 6.10 Å². The van der Waals surface area contributed by atoms with Crippen LogP contribution >= 0.6 is 0 Å². The number of carbonyl (C=O) groups excluding carboxylic acids is 1. The summed E-state index contributed by atoms with van der Waals surface area (Å²) in [4.78, 5) is 13.8. The van der Waals surface area contributed by atoms with Crippen molar-refractivity contribution in [3.05, 3.63) is 29.8 Å². The topological polar surface area (TPSA) is 38.8 Å². The first-order valence-electron chi connectivity index (χ1n) is 6.75. The molecule has 1 fully saturated rings. The Morgan fingerprint density at radius 2 is 2.21 bits per heavy atom. The van der Waals surface area contributed by atoms with E-state index in [1.165, 1.54) is 0 Å². The van der Waals surface area contributed by atoms with Crippen LogP contribution in [0.1, 0.15) is 18.9 Å². The lowest BCUT2D eigenvalue weighted by Gasteiger charge is -2.17. The van der Waals surface area contributed by atoms with Crippen molar-refractivity contribution in [2.24, 2.45) is 0 Å². The number of likely N-dealkylation sites (tertiary alicyclic amines) is 1. The third-order valence-corrected chi connectivity index (χ3v) is 3.54. The predicted octanol–water partition coefficient (Wildman–Crippen LogP) is 1.88. The summed E-state index contributed by atoms with van der Waals surface area (Å²) in [6.07, 6.45) is 1.99. The Balaban J connectivity index is 1.87. The highest BCUT2D eigenvalue weighted by molar-refractivity contribution is 5.78. The zero-order valence-corrected chi connectivity index (χ0v) is 11.6. The van der Waals surface area contributed by atoms with Crippen LogP contribution in [-0.4, -0.2) is 43.7 Å². The van der Waals surface area contributed by atoms with Crippen LogP contribution in [-0.2, 0) is 16.0 Å². The maximum atomic E-state index is 12.0. The summed E-state index contributed by atoms with van der Waals surface area (Å²) in [5, 5.41) is 0. The van der Waals surface area contributed by atoms with E-state index in [2.05, 4.69) is 6.92 Å². The highest BCUT2D eigenvalue weighted by Gasteiger charge is 2.26. The quantitative estimate of drug-likeness (QED) is 0.814. The van der Waals surface area contributed by atoms with Crippen molar-refractivity contribution in [2.75, 3.05) is 26.8 Å². The minimum absolute atomic E-state index is 0.0328. The van der Waals surface area contributed by atoms with Crippen LogP contribution < -0.4 is 4.74 Å². The lowest BCUT2D eigenvalue weighted by atomic mass is 10.1. The van der Waals surface area contributed by atoms with Crippen LogP contribution in [0.2, 0.25) is 0 Å². The summed E-state index contributed by atoms with van der Waals surface area (Å²) in [7, 11) is 1.69. The number of amides is 1. The van der Waals surface area contributed by atoms with Gasteiger partial charge in [-0.05, 0) is 24.5 Å². The van der Waals surface area contributed by atoms with Gasteiger partial charge in [0, 0.05) is 20.2 Å². The SMILES string of the molecule is CCc1ccccc1OCC(=O)N1CCC(OC)C1. The molecule has 1 aliphatic heterocycles. The minimum atomic E-state index is 0.0328. The molecular weight excluding hydrogens is 242 g/mol. The van der Waals surface area contributed by atoms with Gasteiger partial charge in [-0.2, -0.15) is 0 Å². The number of aryl methyl sites for hydroxylation is 1. The molecule has 0 radical (unpaired) electrons.